The summed E-state index contributed by atoms with van der Waals surface area (Å²) in [6.07, 6.45) is 3.73. The molecule has 112 valence electrons. The molecule has 0 spiro atoms. The average Bonchev–Trinajstić information content (AvgIpc) is 2.38. The Morgan fingerprint density at radius 1 is 1.00 bits per heavy atom. The van der Waals surface area contributed by atoms with Gasteiger partial charge >= 0.3 is 11.9 Å². The molecule has 0 radical (unpaired) electrons. The number of carbonyl (C=O) groups is 2. The number of aromatic carboxylic acids is 2. The molecule has 1 aromatic rings. The molecule has 0 aliphatic heterocycles. The van der Waals surface area contributed by atoms with E-state index in [1.54, 1.807) is 13.8 Å². The highest BCUT2D eigenvalue weighted by molar-refractivity contribution is 6.17. The van der Waals surface area contributed by atoms with Gasteiger partial charge in [0.25, 0.3) is 0 Å². The van der Waals surface area contributed by atoms with E-state index < -0.39 is 11.9 Å². The van der Waals surface area contributed by atoms with Crippen molar-refractivity contribution < 1.29 is 19.8 Å². The Morgan fingerprint density at radius 3 is 1.60 bits per heavy atom. The fraction of sp³-hybridized carbons (Fsp3) is 0.467. The van der Waals surface area contributed by atoms with E-state index in [1.165, 1.54) is 31.4 Å². The lowest BCUT2D eigenvalue weighted by Gasteiger charge is -2.05. The Kier molecular flexibility index (Phi) is 8.64. The summed E-state index contributed by atoms with van der Waals surface area (Å²) in [5.41, 5.74) is 1.21. The first-order chi connectivity index (χ1) is 9.34. The second-order valence-corrected chi connectivity index (χ2v) is 4.87. The van der Waals surface area contributed by atoms with E-state index in [0.29, 0.717) is 11.1 Å². The van der Waals surface area contributed by atoms with Gasteiger partial charge in [0.1, 0.15) is 0 Å². The van der Waals surface area contributed by atoms with Crippen molar-refractivity contribution in [3.63, 3.8) is 0 Å². The summed E-state index contributed by atoms with van der Waals surface area (Å²) in [6, 6.07) is 2.75. The fourth-order valence-electron chi connectivity index (χ4n) is 1.62. The van der Waals surface area contributed by atoms with Crippen molar-refractivity contribution in [2.24, 2.45) is 0 Å². The van der Waals surface area contributed by atoms with Crippen molar-refractivity contribution in [1.82, 2.24) is 0 Å². The predicted molar refractivity (Wildman–Crippen MR) is 80.1 cm³/mol. The quantitative estimate of drug-likeness (QED) is 0.633. The fourth-order valence-corrected chi connectivity index (χ4v) is 1.81. The zero-order valence-corrected chi connectivity index (χ0v) is 12.8. The number of rotatable bonds is 5. The van der Waals surface area contributed by atoms with Crippen LogP contribution in [0.25, 0.3) is 0 Å². The molecule has 0 saturated carbocycles. The number of hydrogen-bond donors (Lipinski definition) is 2. The molecule has 1 aromatic carbocycles. The molecular formula is C15H21ClO4. The molecule has 0 bridgehead atoms. The lowest BCUT2D eigenvalue weighted by molar-refractivity contribution is 0.0679. The van der Waals surface area contributed by atoms with E-state index in [4.69, 9.17) is 21.8 Å². The van der Waals surface area contributed by atoms with Gasteiger partial charge < -0.3 is 10.2 Å². The van der Waals surface area contributed by atoms with Crippen LogP contribution in [0.1, 0.15) is 58.0 Å². The summed E-state index contributed by atoms with van der Waals surface area (Å²) in [7, 11) is 0. The second kappa shape index (κ2) is 9.37. The summed E-state index contributed by atoms with van der Waals surface area (Å²) >= 11 is 5.38. The molecule has 0 saturated heterocycles. The molecule has 0 amide bonds. The Labute approximate surface area is 124 Å². The summed E-state index contributed by atoms with van der Waals surface area (Å²) in [5, 5.41) is 17.5. The molecule has 5 heteroatoms. The first kappa shape index (κ1) is 18.4. The third-order valence-electron chi connectivity index (χ3n) is 2.77. The molecule has 0 atom stereocenters. The second-order valence-electron chi connectivity index (χ2n) is 4.49. The van der Waals surface area contributed by atoms with E-state index in [1.807, 2.05) is 0 Å². The molecule has 0 fully saturated rings. The topological polar surface area (TPSA) is 74.6 Å². The summed E-state index contributed by atoms with van der Waals surface area (Å²) < 4.78 is 0. The Bertz CT molecular complexity index is 425. The lowest BCUT2D eigenvalue weighted by Crippen LogP contribution is -2.06. The highest BCUT2D eigenvalue weighted by Gasteiger charge is 2.13. The number of carboxylic acid groups (broad SMARTS) is 2. The first-order valence-corrected chi connectivity index (χ1v) is 7.02. The number of alkyl halides is 1. The molecule has 4 nitrogen and oxygen atoms in total. The van der Waals surface area contributed by atoms with Crippen LogP contribution in [0.2, 0.25) is 0 Å². The van der Waals surface area contributed by atoms with Crippen LogP contribution in [0.3, 0.4) is 0 Å². The maximum Gasteiger partial charge on any atom is 0.335 e. The summed E-state index contributed by atoms with van der Waals surface area (Å²) in [4.78, 5) is 21.4. The maximum atomic E-state index is 10.7. The number of halogens is 1. The van der Waals surface area contributed by atoms with Crippen LogP contribution in [0.15, 0.2) is 12.1 Å². The Hall–Kier alpha value is -1.55. The highest BCUT2D eigenvalue weighted by Crippen LogP contribution is 2.16. The van der Waals surface area contributed by atoms with Gasteiger partial charge in [-0.05, 0) is 43.5 Å². The molecule has 20 heavy (non-hydrogen) atoms. The minimum atomic E-state index is -1.04. The van der Waals surface area contributed by atoms with Crippen molar-refractivity contribution in [2.75, 3.05) is 5.88 Å². The van der Waals surface area contributed by atoms with Crippen molar-refractivity contribution >= 4 is 23.5 Å². The molecule has 1 rings (SSSR count). The van der Waals surface area contributed by atoms with Crippen LogP contribution in [-0.2, 0) is 0 Å². The molecular weight excluding hydrogens is 280 g/mol. The van der Waals surface area contributed by atoms with E-state index in [-0.39, 0.29) is 11.1 Å². The summed E-state index contributed by atoms with van der Waals surface area (Å²) in [6.45, 7) is 5.33. The number of carboxylic acids is 2. The van der Waals surface area contributed by atoms with Gasteiger partial charge in [-0.3, -0.25) is 0 Å². The van der Waals surface area contributed by atoms with Gasteiger partial charge in [0.2, 0.25) is 0 Å². The van der Waals surface area contributed by atoms with Crippen LogP contribution in [0, 0.1) is 13.8 Å². The maximum absolute atomic E-state index is 10.7. The molecule has 0 unspecified atom stereocenters. The van der Waals surface area contributed by atoms with Gasteiger partial charge in [-0.1, -0.05) is 19.8 Å². The number of unbranched alkanes of at least 4 members (excludes halogenated alkanes) is 2. The molecule has 0 heterocycles. The van der Waals surface area contributed by atoms with Gasteiger partial charge in [0, 0.05) is 5.88 Å². The van der Waals surface area contributed by atoms with Crippen LogP contribution >= 0.6 is 11.6 Å². The van der Waals surface area contributed by atoms with Crippen molar-refractivity contribution in [3.8, 4) is 0 Å². The lowest BCUT2D eigenvalue weighted by atomic mass is 10.0. The van der Waals surface area contributed by atoms with E-state index >= 15 is 0 Å². The van der Waals surface area contributed by atoms with Gasteiger partial charge in [0.15, 0.2) is 0 Å². The Morgan fingerprint density at radius 2 is 1.40 bits per heavy atom. The zero-order chi connectivity index (χ0) is 15.7. The van der Waals surface area contributed by atoms with Crippen LogP contribution in [0.5, 0.6) is 0 Å². The highest BCUT2D eigenvalue weighted by atomic mass is 35.5. The van der Waals surface area contributed by atoms with Crippen molar-refractivity contribution in [3.05, 3.63) is 34.4 Å². The first-order valence-electron chi connectivity index (χ1n) is 6.48. The van der Waals surface area contributed by atoms with Crippen molar-refractivity contribution in [2.45, 2.75) is 40.0 Å². The van der Waals surface area contributed by atoms with Gasteiger partial charge in [-0.15, -0.1) is 11.6 Å². The van der Waals surface area contributed by atoms with Crippen molar-refractivity contribution in [1.29, 1.82) is 0 Å². The smallest absolute Gasteiger partial charge is 0.335 e. The minimum Gasteiger partial charge on any atom is -0.478 e. The van der Waals surface area contributed by atoms with Gasteiger partial charge in [-0.25, -0.2) is 9.59 Å². The van der Waals surface area contributed by atoms with E-state index in [9.17, 15) is 9.59 Å². The minimum absolute atomic E-state index is 0.146. The molecule has 2 N–H and O–H groups in total. The molecule has 0 aliphatic rings. The molecule has 0 aliphatic carbocycles. The predicted octanol–water partition coefficient (Wildman–Crippen LogP) is 4.12. The van der Waals surface area contributed by atoms with E-state index in [0.717, 1.165) is 5.88 Å². The third-order valence-corrected chi connectivity index (χ3v) is 3.04. The average molecular weight is 301 g/mol. The number of hydrogen-bond acceptors (Lipinski definition) is 2. The largest absolute Gasteiger partial charge is 0.478 e. The number of aryl methyl sites for hydroxylation is 2. The van der Waals surface area contributed by atoms with Crippen LogP contribution in [0.4, 0.5) is 0 Å². The summed E-state index contributed by atoms with van der Waals surface area (Å²) in [5.74, 6) is -1.25. The van der Waals surface area contributed by atoms with Crippen LogP contribution in [-0.4, -0.2) is 28.0 Å². The Balaban J connectivity index is 0.000000511. The SMILES string of the molecule is CCCCCCl.Cc1cc(C(=O)O)c(C)cc1C(=O)O. The molecule has 0 aromatic heterocycles. The standard InChI is InChI=1S/C10H10O4.C5H11Cl/c1-5-3-8(10(13)14)6(2)4-7(5)9(11)12;1-2-3-4-5-6/h3-4H,1-2H3,(H,11,12)(H,13,14);2-5H2,1H3. The van der Waals surface area contributed by atoms with E-state index in [2.05, 4.69) is 6.92 Å². The van der Waals surface area contributed by atoms with Crippen LogP contribution < -0.4 is 0 Å². The van der Waals surface area contributed by atoms with Gasteiger partial charge in [0.05, 0.1) is 11.1 Å². The monoisotopic (exact) mass is 300 g/mol. The number of benzene rings is 1. The van der Waals surface area contributed by atoms with Gasteiger partial charge in [-0.2, -0.15) is 0 Å². The third kappa shape index (κ3) is 6.06. The normalized spacial score (nSPS) is 9.60. The zero-order valence-electron chi connectivity index (χ0n) is 12.1.